The molecule has 1 heterocycles. The SMILES string of the molecule is CC(=O)OC1=C(NS(=O)(=O)c2ccccc2)OC(C)(c2cc(Cl)cc(Cl)c2)C1=O. The number of benzene rings is 2. The number of Topliss-reactive ketones (excluding diaryl/α,β-unsaturated/α-hetero) is 1. The van der Waals surface area contributed by atoms with Crippen LogP contribution in [0.1, 0.15) is 19.4 Å². The summed E-state index contributed by atoms with van der Waals surface area (Å²) in [6.07, 6.45) is 0. The van der Waals surface area contributed by atoms with Crippen LogP contribution in [0.4, 0.5) is 0 Å². The Hall–Kier alpha value is -2.55. The average Bonchev–Trinajstić information content (AvgIpc) is 2.86. The van der Waals surface area contributed by atoms with Crippen LogP contribution in [-0.2, 0) is 34.7 Å². The molecule has 0 spiro atoms. The van der Waals surface area contributed by atoms with E-state index in [1.165, 1.54) is 49.4 Å². The van der Waals surface area contributed by atoms with Gasteiger partial charge < -0.3 is 9.47 Å². The number of rotatable bonds is 5. The maximum Gasteiger partial charge on any atom is 0.308 e. The van der Waals surface area contributed by atoms with Gasteiger partial charge in [-0.05, 0) is 37.3 Å². The van der Waals surface area contributed by atoms with E-state index in [2.05, 4.69) is 4.72 Å². The second kappa shape index (κ2) is 7.70. The van der Waals surface area contributed by atoms with Crippen molar-refractivity contribution >= 4 is 45.0 Å². The summed E-state index contributed by atoms with van der Waals surface area (Å²) in [6, 6.07) is 11.8. The van der Waals surface area contributed by atoms with Crippen LogP contribution in [0.5, 0.6) is 0 Å². The van der Waals surface area contributed by atoms with E-state index in [0.29, 0.717) is 0 Å². The molecule has 0 bridgehead atoms. The highest BCUT2D eigenvalue weighted by Gasteiger charge is 2.50. The minimum absolute atomic E-state index is 0.0647. The molecule has 10 heteroatoms. The van der Waals surface area contributed by atoms with E-state index < -0.39 is 39.0 Å². The van der Waals surface area contributed by atoms with Gasteiger partial charge in [0.05, 0.1) is 4.90 Å². The summed E-state index contributed by atoms with van der Waals surface area (Å²) in [4.78, 5) is 24.5. The van der Waals surface area contributed by atoms with Gasteiger partial charge in [0.2, 0.25) is 5.76 Å². The van der Waals surface area contributed by atoms with E-state index in [-0.39, 0.29) is 20.5 Å². The number of hydrogen-bond acceptors (Lipinski definition) is 6. The van der Waals surface area contributed by atoms with Crippen LogP contribution in [0.15, 0.2) is 65.1 Å². The summed E-state index contributed by atoms with van der Waals surface area (Å²) < 4.78 is 38.1. The van der Waals surface area contributed by atoms with Crippen molar-refractivity contribution in [1.29, 1.82) is 0 Å². The third-order valence-electron chi connectivity index (χ3n) is 4.09. The standard InChI is InChI=1S/C19H15Cl2NO6S/c1-11(23)27-16-17(24)19(2,12-8-13(20)10-14(21)9-12)28-18(16)22-29(25,26)15-6-4-3-5-7-15/h3-10,22H,1-2H3. The van der Waals surface area contributed by atoms with E-state index in [9.17, 15) is 18.0 Å². The largest absolute Gasteiger partial charge is 0.456 e. The molecule has 1 N–H and O–H groups in total. The van der Waals surface area contributed by atoms with Crippen LogP contribution in [0.25, 0.3) is 0 Å². The van der Waals surface area contributed by atoms with Gasteiger partial charge in [-0.15, -0.1) is 0 Å². The van der Waals surface area contributed by atoms with Crippen molar-refractivity contribution in [3.63, 3.8) is 0 Å². The lowest BCUT2D eigenvalue weighted by Gasteiger charge is -2.24. The Morgan fingerprint density at radius 1 is 1.10 bits per heavy atom. The molecule has 3 rings (SSSR count). The Kier molecular flexibility index (Phi) is 5.62. The number of esters is 1. The quantitative estimate of drug-likeness (QED) is 0.692. The van der Waals surface area contributed by atoms with Gasteiger partial charge in [-0.1, -0.05) is 41.4 Å². The molecule has 1 aliphatic rings. The summed E-state index contributed by atoms with van der Waals surface area (Å²) >= 11 is 12.0. The molecule has 1 atom stereocenters. The first-order valence-electron chi connectivity index (χ1n) is 8.24. The number of nitrogens with one attached hydrogen (secondary N) is 1. The van der Waals surface area contributed by atoms with Crippen LogP contribution < -0.4 is 4.72 Å². The monoisotopic (exact) mass is 455 g/mol. The zero-order chi connectivity index (χ0) is 21.4. The van der Waals surface area contributed by atoms with Crippen molar-refractivity contribution in [2.24, 2.45) is 0 Å². The number of hydrogen-bond donors (Lipinski definition) is 1. The molecule has 7 nitrogen and oxygen atoms in total. The highest BCUT2D eigenvalue weighted by Crippen LogP contribution is 2.40. The number of ketones is 1. The first kappa shape index (κ1) is 21.2. The number of ether oxygens (including phenoxy) is 2. The van der Waals surface area contributed by atoms with E-state index in [0.717, 1.165) is 6.92 Å². The first-order valence-corrected chi connectivity index (χ1v) is 10.5. The van der Waals surface area contributed by atoms with E-state index in [1.807, 2.05) is 0 Å². The summed E-state index contributed by atoms with van der Waals surface area (Å²) in [7, 11) is -4.11. The van der Waals surface area contributed by atoms with Gasteiger partial charge in [0.15, 0.2) is 5.60 Å². The van der Waals surface area contributed by atoms with Gasteiger partial charge >= 0.3 is 5.97 Å². The first-order chi connectivity index (χ1) is 13.5. The van der Waals surface area contributed by atoms with Gasteiger partial charge in [-0.2, -0.15) is 0 Å². The van der Waals surface area contributed by atoms with Gasteiger partial charge in [-0.3, -0.25) is 9.59 Å². The lowest BCUT2D eigenvalue weighted by atomic mass is 9.91. The van der Waals surface area contributed by atoms with Gasteiger partial charge in [0.1, 0.15) is 0 Å². The van der Waals surface area contributed by atoms with Crippen LogP contribution in [-0.4, -0.2) is 20.2 Å². The van der Waals surface area contributed by atoms with Crippen LogP contribution in [0, 0.1) is 0 Å². The second-order valence-corrected chi connectivity index (χ2v) is 8.85. The Morgan fingerprint density at radius 3 is 2.24 bits per heavy atom. The molecule has 0 aromatic heterocycles. The molecule has 152 valence electrons. The molecule has 0 amide bonds. The summed E-state index contributed by atoms with van der Waals surface area (Å²) in [5.74, 6) is -2.65. The smallest absolute Gasteiger partial charge is 0.308 e. The lowest BCUT2D eigenvalue weighted by molar-refractivity contribution is -0.142. The molecule has 2 aromatic carbocycles. The molecule has 0 aliphatic carbocycles. The minimum Gasteiger partial charge on any atom is -0.456 e. The Balaban J connectivity index is 2.05. The average molecular weight is 456 g/mol. The zero-order valence-corrected chi connectivity index (χ0v) is 17.6. The van der Waals surface area contributed by atoms with E-state index >= 15 is 0 Å². The summed E-state index contributed by atoms with van der Waals surface area (Å²) in [5.41, 5.74) is -1.45. The Bertz CT molecular complexity index is 1110. The second-order valence-electron chi connectivity index (χ2n) is 6.29. The predicted octanol–water partition coefficient (Wildman–Crippen LogP) is 3.52. The zero-order valence-electron chi connectivity index (χ0n) is 15.2. The Morgan fingerprint density at radius 2 is 1.69 bits per heavy atom. The topological polar surface area (TPSA) is 98.8 Å². The van der Waals surface area contributed by atoms with Crippen molar-refractivity contribution in [2.75, 3.05) is 0 Å². The molecule has 2 aromatic rings. The molecule has 0 saturated heterocycles. The summed E-state index contributed by atoms with van der Waals surface area (Å²) in [5, 5.41) is 0.495. The van der Waals surface area contributed by atoms with Crippen LogP contribution in [0.2, 0.25) is 10.0 Å². The molecule has 1 aliphatic heterocycles. The molecule has 0 fully saturated rings. The normalized spacial score (nSPS) is 19.1. The molecule has 29 heavy (non-hydrogen) atoms. The fourth-order valence-corrected chi connectivity index (χ4v) is 4.26. The van der Waals surface area contributed by atoms with Gasteiger partial charge in [0.25, 0.3) is 21.7 Å². The fourth-order valence-electron chi connectivity index (χ4n) is 2.72. The summed E-state index contributed by atoms with van der Waals surface area (Å²) in [6.45, 7) is 2.47. The molecular formula is C19H15Cl2NO6S. The Labute approximate surface area is 177 Å². The van der Waals surface area contributed by atoms with E-state index in [4.69, 9.17) is 32.7 Å². The van der Waals surface area contributed by atoms with Crippen LogP contribution >= 0.6 is 23.2 Å². The number of sulfonamides is 1. The maximum absolute atomic E-state index is 13.0. The number of halogens is 2. The minimum atomic E-state index is -4.11. The van der Waals surface area contributed by atoms with E-state index in [1.54, 1.807) is 6.07 Å². The van der Waals surface area contributed by atoms with Crippen molar-refractivity contribution in [3.8, 4) is 0 Å². The molecule has 1 unspecified atom stereocenters. The van der Waals surface area contributed by atoms with Crippen LogP contribution in [0.3, 0.4) is 0 Å². The molecule has 0 radical (unpaired) electrons. The van der Waals surface area contributed by atoms with Crippen molar-refractivity contribution in [1.82, 2.24) is 4.72 Å². The highest BCUT2D eigenvalue weighted by atomic mass is 35.5. The molecule has 0 saturated carbocycles. The molecular weight excluding hydrogens is 441 g/mol. The third kappa shape index (κ3) is 4.24. The highest BCUT2D eigenvalue weighted by molar-refractivity contribution is 7.89. The maximum atomic E-state index is 13.0. The number of carbonyl (C=O) groups excluding carboxylic acids is 2. The lowest BCUT2D eigenvalue weighted by Crippen LogP contribution is -2.32. The van der Waals surface area contributed by atoms with Crippen molar-refractivity contribution < 1.29 is 27.5 Å². The fraction of sp³-hybridized carbons (Fsp3) is 0.158. The van der Waals surface area contributed by atoms with Gasteiger partial charge in [-0.25, -0.2) is 13.1 Å². The van der Waals surface area contributed by atoms with Crippen molar-refractivity contribution in [3.05, 3.63) is 75.8 Å². The number of carbonyl (C=O) groups is 2. The van der Waals surface area contributed by atoms with Gasteiger partial charge in [0, 0.05) is 22.5 Å². The van der Waals surface area contributed by atoms with Crippen molar-refractivity contribution in [2.45, 2.75) is 24.3 Å². The predicted molar refractivity (Wildman–Crippen MR) is 105 cm³/mol. The third-order valence-corrected chi connectivity index (χ3v) is 5.88.